The predicted molar refractivity (Wildman–Crippen MR) is 90.1 cm³/mol. The van der Waals surface area contributed by atoms with E-state index in [0.717, 1.165) is 16.6 Å². The fraction of sp³-hybridized carbons (Fsp3) is 0.647. The van der Waals surface area contributed by atoms with Gasteiger partial charge in [0.2, 0.25) is 0 Å². The van der Waals surface area contributed by atoms with Crippen LogP contribution in [-0.2, 0) is 0 Å². The Bertz CT molecular complexity index is 425. The lowest BCUT2D eigenvalue weighted by atomic mass is 9.82. The van der Waals surface area contributed by atoms with Crippen LogP contribution in [0.15, 0.2) is 22.7 Å². The van der Waals surface area contributed by atoms with Crippen LogP contribution in [0, 0.1) is 11.3 Å². The number of benzene rings is 1. The second-order valence-electron chi connectivity index (χ2n) is 6.84. The molecule has 20 heavy (non-hydrogen) atoms. The molecule has 2 unspecified atom stereocenters. The van der Waals surface area contributed by atoms with Crippen molar-refractivity contribution >= 4 is 15.9 Å². The first kappa shape index (κ1) is 17.5. The molecule has 1 aromatic rings. The van der Waals surface area contributed by atoms with Crippen LogP contribution in [0.5, 0.6) is 5.75 Å². The van der Waals surface area contributed by atoms with Crippen LogP contribution < -0.4 is 10.5 Å². The molecule has 0 aliphatic carbocycles. The molecule has 0 fully saturated rings. The Morgan fingerprint density at radius 3 is 2.45 bits per heavy atom. The minimum atomic E-state index is 0.0827. The van der Waals surface area contributed by atoms with Crippen LogP contribution in [0.3, 0.4) is 0 Å². The van der Waals surface area contributed by atoms with Gasteiger partial charge in [-0.25, -0.2) is 0 Å². The van der Waals surface area contributed by atoms with Gasteiger partial charge in [-0.15, -0.1) is 0 Å². The minimum absolute atomic E-state index is 0.0827. The van der Waals surface area contributed by atoms with Gasteiger partial charge in [0.15, 0.2) is 0 Å². The number of hydrogen-bond donors (Lipinski definition) is 1. The standard InChI is InChI=1S/C17H28BrNO/c1-6-20-16-8-7-13(10-14(16)18)15(19)9-12(2)11-17(3,4)5/h7-8,10,12,15H,6,9,11,19H2,1-5H3. The zero-order valence-corrected chi connectivity index (χ0v) is 15.0. The summed E-state index contributed by atoms with van der Waals surface area (Å²) >= 11 is 3.55. The van der Waals surface area contributed by atoms with E-state index in [-0.39, 0.29) is 6.04 Å². The van der Waals surface area contributed by atoms with Crippen molar-refractivity contribution in [1.82, 2.24) is 0 Å². The third-order valence-electron chi connectivity index (χ3n) is 3.30. The Hall–Kier alpha value is -0.540. The summed E-state index contributed by atoms with van der Waals surface area (Å²) in [5.74, 6) is 1.50. The maximum atomic E-state index is 6.35. The Kier molecular flexibility index (Phi) is 6.53. The van der Waals surface area contributed by atoms with Crippen LogP contribution in [0.4, 0.5) is 0 Å². The molecule has 0 spiro atoms. The molecule has 0 aliphatic heterocycles. The molecule has 114 valence electrons. The first-order valence-corrected chi connectivity index (χ1v) is 8.20. The molecule has 0 amide bonds. The van der Waals surface area contributed by atoms with Gasteiger partial charge in [0.1, 0.15) is 5.75 Å². The SMILES string of the molecule is CCOc1ccc(C(N)CC(C)CC(C)(C)C)cc1Br. The summed E-state index contributed by atoms with van der Waals surface area (Å²) in [5.41, 5.74) is 7.87. The summed E-state index contributed by atoms with van der Waals surface area (Å²) in [4.78, 5) is 0. The van der Waals surface area contributed by atoms with Crippen molar-refractivity contribution in [3.63, 3.8) is 0 Å². The molecule has 3 heteroatoms. The lowest BCUT2D eigenvalue weighted by Gasteiger charge is -2.25. The third kappa shape index (κ3) is 5.84. The maximum Gasteiger partial charge on any atom is 0.133 e. The number of halogens is 1. The minimum Gasteiger partial charge on any atom is -0.493 e. The van der Waals surface area contributed by atoms with Crippen LogP contribution in [0.1, 0.15) is 59.1 Å². The molecule has 0 saturated heterocycles. The van der Waals surface area contributed by atoms with Gasteiger partial charge in [-0.2, -0.15) is 0 Å². The lowest BCUT2D eigenvalue weighted by Crippen LogP contribution is -2.18. The van der Waals surface area contributed by atoms with Gasteiger partial charge in [-0.1, -0.05) is 33.8 Å². The van der Waals surface area contributed by atoms with Crippen LogP contribution in [-0.4, -0.2) is 6.61 Å². The Labute approximate surface area is 132 Å². The summed E-state index contributed by atoms with van der Waals surface area (Å²) in [7, 11) is 0. The van der Waals surface area contributed by atoms with Crippen LogP contribution >= 0.6 is 15.9 Å². The molecule has 0 heterocycles. The topological polar surface area (TPSA) is 35.2 Å². The van der Waals surface area contributed by atoms with E-state index in [9.17, 15) is 0 Å². The van der Waals surface area contributed by atoms with Gasteiger partial charge in [-0.3, -0.25) is 0 Å². The van der Waals surface area contributed by atoms with E-state index in [1.807, 2.05) is 13.0 Å². The number of ether oxygens (including phenoxy) is 1. The van der Waals surface area contributed by atoms with Gasteiger partial charge in [0.25, 0.3) is 0 Å². The Morgan fingerprint density at radius 2 is 1.95 bits per heavy atom. The number of hydrogen-bond acceptors (Lipinski definition) is 2. The Morgan fingerprint density at radius 1 is 1.30 bits per heavy atom. The maximum absolute atomic E-state index is 6.35. The molecule has 0 radical (unpaired) electrons. The molecule has 0 aromatic heterocycles. The zero-order chi connectivity index (χ0) is 15.3. The van der Waals surface area contributed by atoms with Crippen molar-refractivity contribution in [2.45, 2.75) is 53.5 Å². The van der Waals surface area contributed by atoms with Crippen molar-refractivity contribution in [2.75, 3.05) is 6.61 Å². The Balaban J connectivity index is 2.68. The van der Waals surface area contributed by atoms with Crippen molar-refractivity contribution in [3.8, 4) is 5.75 Å². The molecular weight excluding hydrogens is 314 g/mol. The number of rotatable bonds is 6. The summed E-state index contributed by atoms with van der Waals surface area (Å²) < 4.78 is 6.51. The highest BCUT2D eigenvalue weighted by molar-refractivity contribution is 9.10. The molecular formula is C17H28BrNO. The van der Waals surface area contributed by atoms with Crippen molar-refractivity contribution < 1.29 is 4.74 Å². The number of nitrogens with two attached hydrogens (primary N) is 1. The largest absolute Gasteiger partial charge is 0.493 e. The van der Waals surface area contributed by atoms with Gasteiger partial charge >= 0.3 is 0 Å². The van der Waals surface area contributed by atoms with Crippen LogP contribution in [0.25, 0.3) is 0 Å². The van der Waals surface area contributed by atoms with E-state index >= 15 is 0 Å². The molecule has 1 rings (SSSR count). The zero-order valence-electron chi connectivity index (χ0n) is 13.4. The van der Waals surface area contributed by atoms with E-state index in [1.54, 1.807) is 0 Å². The molecule has 2 nitrogen and oxygen atoms in total. The fourth-order valence-electron chi connectivity index (χ4n) is 2.72. The summed E-state index contributed by atoms with van der Waals surface area (Å²) in [5, 5.41) is 0. The summed E-state index contributed by atoms with van der Waals surface area (Å²) in [6, 6.07) is 6.24. The molecule has 0 saturated carbocycles. The quantitative estimate of drug-likeness (QED) is 0.760. The van der Waals surface area contributed by atoms with E-state index in [2.05, 4.69) is 55.8 Å². The smallest absolute Gasteiger partial charge is 0.133 e. The van der Waals surface area contributed by atoms with E-state index < -0.39 is 0 Å². The predicted octanol–water partition coefficient (Wildman–Crippen LogP) is 5.31. The average Bonchev–Trinajstić information content (AvgIpc) is 2.29. The molecule has 2 atom stereocenters. The highest BCUT2D eigenvalue weighted by Crippen LogP contribution is 2.32. The van der Waals surface area contributed by atoms with E-state index in [1.165, 1.54) is 12.0 Å². The first-order chi connectivity index (χ1) is 9.23. The monoisotopic (exact) mass is 341 g/mol. The van der Waals surface area contributed by atoms with Crippen molar-refractivity contribution in [3.05, 3.63) is 28.2 Å². The first-order valence-electron chi connectivity index (χ1n) is 7.40. The normalized spacial score (nSPS) is 14.9. The van der Waals surface area contributed by atoms with Crippen LogP contribution in [0.2, 0.25) is 0 Å². The fourth-order valence-corrected chi connectivity index (χ4v) is 3.23. The highest BCUT2D eigenvalue weighted by atomic mass is 79.9. The van der Waals surface area contributed by atoms with E-state index in [0.29, 0.717) is 17.9 Å². The van der Waals surface area contributed by atoms with Gasteiger partial charge in [0.05, 0.1) is 11.1 Å². The summed E-state index contributed by atoms with van der Waals surface area (Å²) in [6.45, 7) is 11.8. The van der Waals surface area contributed by atoms with E-state index in [4.69, 9.17) is 10.5 Å². The highest BCUT2D eigenvalue weighted by Gasteiger charge is 2.18. The molecule has 1 aromatic carbocycles. The lowest BCUT2D eigenvalue weighted by molar-refractivity contribution is 0.286. The summed E-state index contributed by atoms with van der Waals surface area (Å²) in [6.07, 6.45) is 2.20. The van der Waals surface area contributed by atoms with Gasteiger partial charge < -0.3 is 10.5 Å². The van der Waals surface area contributed by atoms with Crippen molar-refractivity contribution in [1.29, 1.82) is 0 Å². The molecule has 0 aliphatic rings. The second-order valence-corrected chi connectivity index (χ2v) is 7.69. The third-order valence-corrected chi connectivity index (χ3v) is 3.92. The van der Waals surface area contributed by atoms with Gasteiger partial charge in [0, 0.05) is 6.04 Å². The van der Waals surface area contributed by atoms with Crippen molar-refractivity contribution in [2.24, 2.45) is 17.1 Å². The second kappa shape index (κ2) is 7.46. The average molecular weight is 342 g/mol. The molecule has 2 N–H and O–H groups in total. The molecule has 0 bridgehead atoms. The van der Waals surface area contributed by atoms with Gasteiger partial charge in [-0.05, 0) is 64.7 Å².